The predicted octanol–water partition coefficient (Wildman–Crippen LogP) is 4.41. The third-order valence-corrected chi connectivity index (χ3v) is 7.48. The number of nitrogen functional groups attached to an aromatic ring is 1. The fourth-order valence-electron chi connectivity index (χ4n) is 3.72. The lowest BCUT2D eigenvalue weighted by Crippen LogP contribution is -2.44. The van der Waals surface area contributed by atoms with Crippen LogP contribution in [-0.2, 0) is 15.4 Å². The van der Waals surface area contributed by atoms with Crippen LogP contribution in [0.4, 0.5) is 16.3 Å². The smallest absolute Gasteiger partial charge is 0.410 e. The van der Waals surface area contributed by atoms with Crippen LogP contribution in [0.15, 0.2) is 57.6 Å². The molecule has 0 aliphatic carbocycles. The van der Waals surface area contributed by atoms with Gasteiger partial charge in [0.2, 0.25) is 0 Å². The number of carbonyl (C=O) groups excluding carboxylic acids is 3. The highest BCUT2D eigenvalue weighted by atomic mass is 32.2. The Morgan fingerprint density at radius 2 is 1.90 bits per heavy atom. The average Bonchev–Trinajstić information content (AvgIpc) is 3.34. The highest BCUT2D eigenvalue weighted by molar-refractivity contribution is 7.87. The molecule has 0 bridgehead atoms. The van der Waals surface area contributed by atoms with Crippen molar-refractivity contribution in [3.05, 3.63) is 76.9 Å². The molecule has 1 aromatic carbocycles. The molecular formula is C29H31N5O5S. The number of carbonyl (C=O) groups is 3. The first-order chi connectivity index (χ1) is 19.0. The molecule has 1 fully saturated rings. The van der Waals surface area contributed by atoms with E-state index in [0.29, 0.717) is 41.4 Å². The van der Waals surface area contributed by atoms with E-state index in [1.807, 2.05) is 20.8 Å². The number of nitrogens with zero attached hydrogens (tertiary/aromatic N) is 3. The Hall–Kier alpha value is -4.43. The zero-order valence-corrected chi connectivity index (χ0v) is 23.6. The van der Waals surface area contributed by atoms with E-state index in [4.69, 9.17) is 14.9 Å². The molecule has 1 aliphatic heterocycles. The van der Waals surface area contributed by atoms with Crippen LogP contribution in [0.1, 0.15) is 58.4 Å². The molecule has 0 atom stereocenters. The predicted molar refractivity (Wildman–Crippen MR) is 154 cm³/mol. The Balaban J connectivity index is 1.42. The van der Waals surface area contributed by atoms with Crippen LogP contribution in [0.5, 0.6) is 0 Å². The van der Waals surface area contributed by atoms with Gasteiger partial charge in [-0.2, -0.15) is 4.36 Å². The van der Waals surface area contributed by atoms with Gasteiger partial charge in [-0.1, -0.05) is 28.6 Å². The van der Waals surface area contributed by atoms with Crippen LogP contribution in [0.3, 0.4) is 0 Å². The summed E-state index contributed by atoms with van der Waals surface area (Å²) in [6.07, 6.45) is 2.50. The van der Waals surface area contributed by atoms with Gasteiger partial charge in [0.1, 0.15) is 11.4 Å². The number of nitrogens with one attached hydrogen (secondary N) is 1. The third kappa shape index (κ3) is 7.57. The van der Waals surface area contributed by atoms with Crippen LogP contribution in [0.25, 0.3) is 0 Å². The van der Waals surface area contributed by atoms with Crippen molar-refractivity contribution in [2.24, 2.45) is 4.36 Å². The van der Waals surface area contributed by atoms with Crippen LogP contribution in [0, 0.1) is 18.8 Å². The van der Waals surface area contributed by atoms with E-state index in [1.54, 1.807) is 48.2 Å². The summed E-state index contributed by atoms with van der Waals surface area (Å²) < 4.78 is 15.0. The van der Waals surface area contributed by atoms with Gasteiger partial charge in [0, 0.05) is 47.6 Å². The van der Waals surface area contributed by atoms with E-state index in [9.17, 15) is 14.4 Å². The lowest BCUT2D eigenvalue weighted by molar-refractivity contribution is 0.0269. The van der Waals surface area contributed by atoms with Gasteiger partial charge >= 0.3 is 6.09 Å². The quantitative estimate of drug-likeness (QED) is 0.452. The Morgan fingerprint density at radius 1 is 1.15 bits per heavy atom. The van der Waals surface area contributed by atoms with Crippen molar-refractivity contribution in [3.63, 3.8) is 0 Å². The molecule has 10 nitrogen and oxygen atoms in total. The van der Waals surface area contributed by atoms with Gasteiger partial charge in [0.05, 0.1) is 17.4 Å². The van der Waals surface area contributed by atoms with Crippen LogP contribution in [-0.4, -0.2) is 58.0 Å². The maximum absolute atomic E-state index is 12.9. The second kappa shape index (κ2) is 12.2. The van der Waals surface area contributed by atoms with Gasteiger partial charge in [0.25, 0.3) is 11.8 Å². The second-order valence-electron chi connectivity index (χ2n) is 10.1. The van der Waals surface area contributed by atoms with Crippen molar-refractivity contribution in [1.82, 2.24) is 9.88 Å². The summed E-state index contributed by atoms with van der Waals surface area (Å²) in [5.74, 6) is 6.83. The number of pyridine rings is 1. The van der Waals surface area contributed by atoms with Gasteiger partial charge in [-0.05, 0) is 58.0 Å². The van der Waals surface area contributed by atoms with E-state index >= 15 is 0 Å². The van der Waals surface area contributed by atoms with Crippen LogP contribution in [0.2, 0.25) is 0 Å². The van der Waals surface area contributed by atoms with E-state index in [2.05, 4.69) is 26.5 Å². The number of amides is 3. The van der Waals surface area contributed by atoms with Gasteiger partial charge in [0.15, 0.2) is 5.76 Å². The van der Waals surface area contributed by atoms with Crippen molar-refractivity contribution < 1.29 is 23.5 Å². The Kier molecular flexibility index (Phi) is 8.70. The number of rotatable bonds is 3. The summed E-state index contributed by atoms with van der Waals surface area (Å²) in [5.41, 5.74) is 8.07. The fraction of sp³-hybridized carbons (Fsp3) is 0.310. The van der Waals surface area contributed by atoms with E-state index < -0.39 is 22.2 Å². The topological polar surface area (TPSA) is 140 Å². The number of hydrogen-bond donors (Lipinski definition) is 2. The molecule has 0 radical (unpaired) electrons. The number of aromatic nitrogens is 1. The fourth-order valence-corrected chi connectivity index (χ4v) is 5.30. The summed E-state index contributed by atoms with van der Waals surface area (Å²) in [6.45, 7) is 8.23. The number of nitrogens with two attached hydrogens (primary N) is 1. The van der Waals surface area contributed by atoms with Gasteiger partial charge in [-0.3, -0.25) is 9.59 Å². The summed E-state index contributed by atoms with van der Waals surface area (Å²) in [6, 6.07) is 10.3. The Morgan fingerprint density at radius 3 is 2.58 bits per heavy atom. The van der Waals surface area contributed by atoms with Crippen molar-refractivity contribution in [2.75, 3.05) is 35.6 Å². The molecule has 1 saturated heterocycles. The van der Waals surface area contributed by atoms with Gasteiger partial charge in [-0.25, -0.2) is 9.78 Å². The number of aryl methyl sites for hydroxylation is 1. The normalized spacial score (nSPS) is 13.7. The molecular weight excluding hydrogens is 530 g/mol. The minimum absolute atomic E-state index is 0.190. The molecule has 0 saturated carbocycles. The minimum atomic E-state index is -0.558. The summed E-state index contributed by atoms with van der Waals surface area (Å²) in [4.78, 5) is 43.4. The van der Waals surface area contributed by atoms with Crippen molar-refractivity contribution in [2.45, 2.75) is 33.3 Å². The molecule has 3 N–H and O–H groups in total. The Labute approximate surface area is 235 Å². The molecule has 1 aliphatic rings. The average molecular weight is 562 g/mol. The lowest BCUT2D eigenvalue weighted by Gasteiger charge is -2.30. The Bertz CT molecular complexity index is 1530. The molecule has 208 valence electrons. The molecule has 3 aromatic rings. The summed E-state index contributed by atoms with van der Waals surface area (Å²) in [5, 5.41) is 2.79. The zero-order chi connectivity index (χ0) is 28.9. The number of furan rings is 1. The number of hydrogen-bond acceptors (Lipinski definition) is 7. The summed E-state index contributed by atoms with van der Waals surface area (Å²) in [7, 11) is -0.512. The van der Waals surface area contributed by atoms with Gasteiger partial charge < -0.3 is 25.1 Å². The number of anilines is 2. The van der Waals surface area contributed by atoms with Crippen molar-refractivity contribution >= 4 is 40.1 Å². The minimum Gasteiger partial charge on any atom is -0.459 e. The number of ether oxygens (including phenoxy) is 1. The molecule has 40 heavy (non-hydrogen) atoms. The first kappa shape index (κ1) is 28.6. The zero-order valence-electron chi connectivity index (χ0n) is 22.8. The third-order valence-electron chi connectivity index (χ3n) is 5.75. The van der Waals surface area contributed by atoms with Gasteiger partial charge in [-0.15, -0.1) is 0 Å². The van der Waals surface area contributed by atoms with E-state index in [1.165, 1.54) is 12.5 Å². The molecule has 11 heteroatoms. The maximum Gasteiger partial charge on any atom is 0.410 e. The second-order valence-corrected chi connectivity index (χ2v) is 12.0. The summed E-state index contributed by atoms with van der Waals surface area (Å²) >= 11 is 0. The van der Waals surface area contributed by atoms with E-state index in [-0.39, 0.29) is 29.1 Å². The first-order valence-corrected chi connectivity index (χ1v) is 14.1. The molecule has 0 unspecified atom stereocenters. The van der Waals surface area contributed by atoms with E-state index in [0.717, 1.165) is 5.56 Å². The highest BCUT2D eigenvalue weighted by Crippen LogP contribution is 2.17. The standard InChI is InChI=1S/C29H31N5O5S/c1-19-10-13-38-24(19)27(36)32-23-7-5-6-20(16-23)8-9-21-17-22(18-31-25(21)30)26(35)33-40-14-11-34(12-15-40)28(37)39-29(2,3)4/h5-7,10,13,16-18H,11-12,14-15H2,1-4H3,(H2,30,31)(H,32,36). The highest BCUT2D eigenvalue weighted by Gasteiger charge is 2.25. The molecule has 2 aromatic heterocycles. The van der Waals surface area contributed by atoms with Crippen LogP contribution >= 0.6 is 0 Å². The van der Waals surface area contributed by atoms with Crippen LogP contribution < -0.4 is 11.1 Å². The number of benzene rings is 1. The van der Waals surface area contributed by atoms with Crippen molar-refractivity contribution in [1.29, 1.82) is 0 Å². The van der Waals surface area contributed by atoms with Crippen molar-refractivity contribution in [3.8, 4) is 11.8 Å². The maximum atomic E-state index is 12.9. The molecule has 3 heterocycles. The molecule has 0 spiro atoms. The molecule has 4 rings (SSSR count). The SMILES string of the molecule is Cc1ccoc1C(=O)Nc1cccc(C#Cc2cc(C(=O)N=S3CCN(C(=O)OC(C)(C)C)CC3)cnc2N)c1. The first-order valence-electron chi connectivity index (χ1n) is 12.6. The molecule has 3 amide bonds. The lowest BCUT2D eigenvalue weighted by atomic mass is 10.1. The monoisotopic (exact) mass is 561 g/mol. The largest absolute Gasteiger partial charge is 0.459 e.